The highest BCUT2D eigenvalue weighted by atomic mass is 32.2. The van der Waals surface area contributed by atoms with Gasteiger partial charge in [-0.05, 0) is 48.4 Å². The highest BCUT2D eigenvalue weighted by Gasteiger charge is 2.25. The Bertz CT molecular complexity index is 578. The molecule has 0 atom stereocenters. The molecule has 2 rings (SSSR count). The molecule has 0 heterocycles. The summed E-state index contributed by atoms with van der Waals surface area (Å²) in [5.74, 6) is 0.508. The third kappa shape index (κ3) is 3.65. The van der Waals surface area contributed by atoms with Gasteiger partial charge in [-0.3, -0.25) is 0 Å². The van der Waals surface area contributed by atoms with Crippen LogP contribution in [0.2, 0.25) is 0 Å². The van der Waals surface area contributed by atoms with E-state index in [2.05, 4.69) is 6.92 Å². The first kappa shape index (κ1) is 16.5. The summed E-state index contributed by atoms with van der Waals surface area (Å²) in [4.78, 5) is 0.362. The number of hydrogen-bond donors (Lipinski definition) is 1. The summed E-state index contributed by atoms with van der Waals surface area (Å²) >= 11 is 0. The quantitative estimate of drug-likeness (QED) is 0.878. The number of aryl methyl sites for hydroxylation is 1. The Morgan fingerprint density at radius 3 is 2.48 bits per heavy atom. The van der Waals surface area contributed by atoms with E-state index in [1.54, 1.807) is 19.2 Å². The number of nitrogens with zero attached hydrogens (tertiary/aromatic N) is 1. The average Bonchev–Trinajstić information content (AvgIpc) is 2.99. The molecule has 0 unspecified atom stereocenters. The van der Waals surface area contributed by atoms with Crippen LogP contribution in [0.5, 0.6) is 0 Å². The summed E-state index contributed by atoms with van der Waals surface area (Å²) in [7, 11) is -1.72. The first-order valence-corrected chi connectivity index (χ1v) is 9.21. The predicted molar refractivity (Wildman–Crippen MR) is 85.5 cm³/mol. The monoisotopic (exact) mass is 310 g/mol. The van der Waals surface area contributed by atoms with Gasteiger partial charge < -0.3 is 5.73 Å². The zero-order valence-electron chi connectivity index (χ0n) is 13.0. The average molecular weight is 310 g/mol. The molecule has 2 N–H and O–H groups in total. The molecule has 0 aromatic heterocycles. The van der Waals surface area contributed by atoms with E-state index in [1.807, 2.05) is 6.07 Å². The van der Waals surface area contributed by atoms with Crippen molar-refractivity contribution in [3.05, 3.63) is 29.3 Å². The molecule has 0 radical (unpaired) electrons. The lowest BCUT2D eigenvalue weighted by molar-refractivity contribution is 0.387. The Morgan fingerprint density at radius 2 is 1.90 bits per heavy atom. The molecule has 0 saturated heterocycles. The van der Waals surface area contributed by atoms with E-state index in [0.29, 0.717) is 23.9 Å². The first-order chi connectivity index (χ1) is 9.98. The molecule has 0 bridgehead atoms. The second kappa shape index (κ2) is 6.90. The molecule has 118 valence electrons. The van der Waals surface area contributed by atoms with Crippen molar-refractivity contribution in [3.8, 4) is 0 Å². The molecule has 4 nitrogen and oxygen atoms in total. The molecule has 1 aliphatic carbocycles. The summed E-state index contributed by atoms with van der Waals surface area (Å²) in [6.45, 7) is 3.05. The van der Waals surface area contributed by atoms with Gasteiger partial charge in [-0.15, -0.1) is 0 Å². The fourth-order valence-corrected chi connectivity index (χ4v) is 4.43. The number of benzene rings is 1. The van der Waals surface area contributed by atoms with Crippen molar-refractivity contribution < 1.29 is 8.42 Å². The predicted octanol–water partition coefficient (Wildman–Crippen LogP) is 2.52. The van der Waals surface area contributed by atoms with Crippen molar-refractivity contribution in [2.24, 2.45) is 11.7 Å². The standard InChI is InChI=1S/C16H26N2O2S/c1-3-14-8-9-16(10-15(14)11-17)21(19,20)18(2)12-13-6-4-5-7-13/h8-10,13H,3-7,11-12,17H2,1-2H3. The molecular formula is C16H26N2O2S. The molecule has 0 amide bonds. The first-order valence-electron chi connectivity index (χ1n) is 7.77. The van der Waals surface area contributed by atoms with Crippen molar-refractivity contribution in [2.75, 3.05) is 13.6 Å². The van der Waals surface area contributed by atoms with Crippen LogP contribution >= 0.6 is 0 Å². The molecule has 1 aromatic rings. The SMILES string of the molecule is CCc1ccc(S(=O)(=O)N(C)CC2CCCC2)cc1CN. The van der Waals surface area contributed by atoms with E-state index in [-0.39, 0.29) is 0 Å². The Kier molecular flexibility index (Phi) is 5.41. The molecule has 5 heteroatoms. The van der Waals surface area contributed by atoms with E-state index in [1.165, 1.54) is 17.1 Å². The van der Waals surface area contributed by atoms with E-state index in [4.69, 9.17) is 5.73 Å². The van der Waals surface area contributed by atoms with Crippen molar-refractivity contribution >= 4 is 10.0 Å². The second-order valence-electron chi connectivity index (χ2n) is 5.92. The summed E-state index contributed by atoms with van der Waals surface area (Å²) in [6, 6.07) is 5.33. The molecule has 1 aliphatic rings. The maximum Gasteiger partial charge on any atom is 0.242 e. The van der Waals surface area contributed by atoms with E-state index >= 15 is 0 Å². The lowest BCUT2D eigenvalue weighted by Crippen LogP contribution is -2.31. The largest absolute Gasteiger partial charge is 0.326 e. The van der Waals surface area contributed by atoms with Crippen LogP contribution in [0.1, 0.15) is 43.7 Å². The fraction of sp³-hybridized carbons (Fsp3) is 0.625. The van der Waals surface area contributed by atoms with Crippen molar-refractivity contribution in [1.82, 2.24) is 4.31 Å². The summed E-state index contributed by atoms with van der Waals surface area (Å²) in [5.41, 5.74) is 7.78. The van der Waals surface area contributed by atoms with Crippen LogP contribution in [-0.4, -0.2) is 26.3 Å². The molecule has 21 heavy (non-hydrogen) atoms. The minimum atomic E-state index is -3.41. The highest BCUT2D eigenvalue weighted by molar-refractivity contribution is 7.89. The molecule has 0 aliphatic heterocycles. The number of sulfonamides is 1. The Balaban J connectivity index is 2.21. The molecule has 1 fully saturated rings. The van der Waals surface area contributed by atoms with Crippen LogP contribution in [0, 0.1) is 5.92 Å². The van der Waals surface area contributed by atoms with Crippen LogP contribution in [0.3, 0.4) is 0 Å². The van der Waals surface area contributed by atoms with Gasteiger partial charge in [0.1, 0.15) is 0 Å². The number of nitrogens with two attached hydrogens (primary N) is 1. The number of rotatable bonds is 6. The highest BCUT2D eigenvalue weighted by Crippen LogP contribution is 2.27. The Hall–Kier alpha value is -0.910. The molecule has 0 spiro atoms. The topological polar surface area (TPSA) is 63.4 Å². The summed E-state index contributed by atoms with van der Waals surface area (Å²) in [6.07, 6.45) is 5.60. The van der Waals surface area contributed by atoms with Crippen molar-refractivity contribution in [1.29, 1.82) is 0 Å². The summed E-state index contributed by atoms with van der Waals surface area (Å²) < 4.78 is 26.8. The van der Waals surface area contributed by atoms with Crippen LogP contribution < -0.4 is 5.73 Å². The Morgan fingerprint density at radius 1 is 1.24 bits per heavy atom. The maximum absolute atomic E-state index is 12.7. The third-order valence-corrected chi connectivity index (χ3v) is 6.30. The van der Waals surface area contributed by atoms with Gasteiger partial charge in [0.25, 0.3) is 0 Å². The van der Waals surface area contributed by atoms with Gasteiger partial charge in [-0.2, -0.15) is 0 Å². The van der Waals surface area contributed by atoms with Gasteiger partial charge in [0.2, 0.25) is 10.0 Å². The van der Waals surface area contributed by atoms with Gasteiger partial charge in [-0.25, -0.2) is 12.7 Å². The fourth-order valence-electron chi connectivity index (χ4n) is 3.13. The van der Waals surface area contributed by atoms with Crippen molar-refractivity contribution in [3.63, 3.8) is 0 Å². The van der Waals surface area contributed by atoms with Crippen molar-refractivity contribution in [2.45, 2.75) is 50.5 Å². The van der Waals surface area contributed by atoms with E-state index < -0.39 is 10.0 Å². The smallest absolute Gasteiger partial charge is 0.242 e. The third-order valence-electron chi connectivity index (χ3n) is 4.48. The van der Waals surface area contributed by atoms with Crippen LogP contribution in [0.25, 0.3) is 0 Å². The number of hydrogen-bond acceptors (Lipinski definition) is 3. The molecule has 1 aromatic carbocycles. The van der Waals surface area contributed by atoms with Gasteiger partial charge >= 0.3 is 0 Å². The van der Waals surface area contributed by atoms with Crippen LogP contribution in [-0.2, 0) is 23.0 Å². The Labute approximate surface area is 128 Å². The van der Waals surface area contributed by atoms with Gasteiger partial charge in [0.15, 0.2) is 0 Å². The maximum atomic E-state index is 12.7. The minimum Gasteiger partial charge on any atom is -0.326 e. The lowest BCUT2D eigenvalue weighted by atomic mass is 10.1. The normalized spacial score (nSPS) is 16.8. The minimum absolute atomic E-state index is 0.362. The second-order valence-corrected chi connectivity index (χ2v) is 7.97. The summed E-state index contributed by atoms with van der Waals surface area (Å²) in [5, 5.41) is 0. The van der Waals surface area contributed by atoms with Crippen LogP contribution in [0.4, 0.5) is 0 Å². The van der Waals surface area contributed by atoms with Gasteiger partial charge in [0, 0.05) is 20.1 Å². The van der Waals surface area contributed by atoms with Gasteiger partial charge in [-0.1, -0.05) is 25.8 Å². The zero-order valence-corrected chi connectivity index (χ0v) is 13.8. The van der Waals surface area contributed by atoms with E-state index in [9.17, 15) is 8.42 Å². The molecule has 1 saturated carbocycles. The van der Waals surface area contributed by atoms with E-state index in [0.717, 1.165) is 30.4 Å². The lowest BCUT2D eigenvalue weighted by Gasteiger charge is -2.21. The van der Waals surface area contributed by atoms with Gasteiger partial charge in [0.05, 0.1) is 4.90 Å². The van der Waals surface area contributed by atoms with Crippen LogP contribution in [0.15, 0.2) is 23.1 Å². The molecular weight excluding hydrogens is 284 g/mol. The zero-order chi connectivity index (χ0) is 15.5.